The molecule has 2 rings (SSSR count). The van der Waals surface area contributed by atoms with Gasteiger partial charge in [-0.1, -0.05) is 43.0 Å². The van der Waals surface area contributed by atoms with Crippen LogP contribution in [-0.2, 0) is 0 Å². The molecule has 1 heterocycles. The van der Waals surface area contributed by atoms with Crippen LogP contribution in [0.15, 0.2) is 30.5 Å². The number of benzene rings is 1. The molecule has 5 nitrogen and oxygen atoms in total. The summed E-state index contributed by atoms with van der Waals surface area (Å²) in [6.45, 7) is 2.92. The lowest BCUT2D eigenvalue weighted by atomic mass is 10.2. The Morgan fingerprint density at radius 3 is 2.61 bits per heavy atom. The minimum Gasteiger partial charge on any atom is -0.354 e. The second-order valence-electron chi connectivity index (χ2n) is 5.01. The van der Waals surface area contributed by atoms with Gasteiger partial charge in [-0.2, -0.15) is 0 Å². The minimum absolute atomic E-state index is 0.272. The Labute approximate surface area is 145 Å². The number of halogens is 2. The van der Waals surface area contributed by atoms with Crippen molar-refractivity contribution in [3.8, 4) is 0 Å². The number of rotatable bonds is 7. The first-order valence-electron chi connectivity index (χ1n) is 7.43. The Kier molecular flexibility index (Phi) is 6.62. The van der Waals surface area contributed by atoms with E-state index in [4.69, 9.17) is 23.2 Å². The zero-order chi connectivity index (χ0) is 16.7. The molecule has 0 saturated heterocycles. The summed E-state index contributed by atoms with van der Waals surface area (Å²) in [5, 5.41) is 6.74. The number of carbonyl (C=O) groups excluding carboxylic acids is 1. The number of anilines is 2. The molecule has 122 valence electrons. The van der Waals surface area contributed by atoms with Crippen molar-refractivity contribution in [2.45, 2.75) is 26.2 Å². The van der Waals surface area contributed by atoms with Crippen LogP contribution in [0.5, 0.6) is 0 Å². The molecular weight excluding hydrogens is 335 g/mol. The van der Waals surface area contributed by atoms with Crippen molar-refractivity contribution in [2.75, 3.05) is 17.2 Å². The molecule has 0 bridgehead atoms. The van der Waals surface area contributed by atoms with Crippen molar-refractivity contribution in [1.29, 1.82) is 0 Å². The first-order valence-corrected chi connectivity index (χ1v) is 8.18. The standard InChI is InChI=1S/C16H18Cl2N4O/c1-2-3-4-6-19-16-20-7-5-14(22-16)15(23)21-13-9-11(17)8-12(18)10-13/h5,7-10H,2-4,6H2,1H3,(H,21,23)(H,19,20,22). The normalized spacial score (nSPS) is 10.4. The zero-order valence-electron chi connectivity index (χ0n) is 12.8. The number of nitrogens with one attached hydrogen (secondary N) is 2. The van der Waals surface area contributed by atoms with Crippen molar-refractivity contribution in [1.82, 2.24) is 9.97 Å². The van der Waals surface area contributed by atoms with Crippen LogP contribution in [-0.4, -0.2) is 22.4 Å². The highest BCUT2D eigenvalue weighted by atomic mass is 35.5. The van der Waals surface area contributed by atoms with E-state index in [9.17, 15) is 4.79 Å². The molecule has 1 amide bonds. The summed E-state index contributed by atoms with van der Waals surface area (Å²) in [7, 11) is 0. The highest BCUT2D eigenvalue weighted by Gasteiger charge is 2.10. The number of hydrogen-bond donors (Lipinski definition) is 2. The second kappa shape index (κ2) is 8.70. The zero-order valence-corrected chi connectivity index (χ0v) is 14.3. The monoisotopic (exact) mass is 352 g/mol. The van der Waals surface area contributed by atoms with Crippen molar-refractivity contribution in [3.63, 3.8) is 0 Å². The van der Waals surface area contributed by atoms with Crippen LogP contribution in [0.4, 0.5) is 11.6 Å². The van der Waals surface area contributed by atoms with E-state index in [-0.39, 0.29) is 11.6 Å². The molecule has 23 heavy (non-hydrogen) atoms. The molecule has 2 aromatic rings. The van der Waals surface area contributed by atoms with Gasteiger partial charge < -0.3 is 10.6 Å². The molecular formula is C16H18Cl2N4O. The number of unbranched alkanes of at least 4 members (excludes halogenated alkanes) is 2. The van der Waals surface area contributed by atoms with E-state index in [0.717, 1.165) is 25.8 Å². The molecule has 0 aliphatic rings. The van der Waals surface area contributed by atoms with Gasteiger partial charge in [0.05, 0.1) is 0 Å². The van der Waals surface area contributed by atoms with Crippen LogP contribution in [0.2, 0.25) is 10.0 Å². The van der Waals surface area contributed by atoms with Crippen molar-refractivity contribution >= 4 is 40.7 Å². The lowest BCUT2D eigenvalue weighted by Crippen LogP contribution is -2.15. The summed E-state index contributed by atoms with van der Waals surface area (Å²) in [6, 6.07) is 6.40. The Morgan fingerprint density at radius 1 is 1.17 bits per heavy atom. The number of nitrogens with zero attached hydrogens (tertiary/aromatic N) is 2. The Balaban J connectivity index is 2.01. The van der Waals surface area contributed by atoms with Gasteiger partial charge in [-0.3, -0.25) is 4.79 Å². The van der Waals surface area contributed by atoms with Crippen LogP contribution in [0.1, 0.15) is 36.7 Å². The van der Waals surface area contributed by atoms with Crippen LogP contribution in [0, 0.1) is 0 Å². The minimum atomic E-state index is -0.345. The fourth-order valence-corrected chi connectivity index (χ4v) is 2.49. The van der Waals surface area contributed by atoms with Gasteiger partial charge >= 0.3 is 0 Å². The van der Waals surface area contributed by atoms with Crippen molar-refractivity contribution in [2.24, 2.45) is 0 Å². The predicted molar refractivity (Wildman–Crippen MR) is 94.5 cm³/mol. The van der Waals surface area contributed by atoms with Gasteiger partial charge in [-0.05, 0) is 30.7 Å². The Morgan fingerprint density at radius 2 is 1.91 bits per heavy atom. The highest BCUT2D eigenvalue weighted by molar-refractivity contribution is 6.35. The van der Waals surface area contributed by atoms with Gasteiger partial charge in [-0.15, -0.1) is 0 Å². The summed E-state index contributed by atoms with van der Waals surface area (Å²) in [6.07, 6.45) is 4.88. The van der Waals surface area contributed by atoms with Crippen LogP contribution in [0.25, 0.3) is 0 Å². The largest absolute Gasteiger partial charge is 0.354 e. The van der Waals surface area contributed by atoms with Gasteiger partial charge in [0.25, 0.3) is 5.91 Å². The summed E-state index contributed by atoms with van der Waals surface area (Å²) >= 11 is 11.8. The third-order valence-corrected chi connectivity index (χ3v) is 3.51. The lowest BCUT2D eigenvalue weighted by Gasteiger charge is -2.08. The molecule has 2 N–H and O–H groups in total. The molecule has 0 fully saturated rings. The van der Waals surface area contributed by atoms with Gasteiger partial charge in [0.15, 0.2) is 0 Å². The highest BCUT2D eigenvalue weighted by Crippen LogP contribution is 2.22. The molecule has 0 saturated carbocycles. The summed E-state index contributed by atoms with van der Waals surface area (Å²) in [5.41, 5.74) is 0.789. The molecule has 0 aliphatic heterocycles. The Hall–Kier alpha value is -1.85. The first-order chi connectivity index (χ1) is 11.1. The van der Waals surface area contributed by atoms with E-state index in [0.29, 0.717) is 21.7 Å². The van der Waals surface area contributed by atoms with Crippen LogP contribution in [0.3, 0.4) is 0 Å². The molecule has 0 aliphatic carbocycles. The summed E-state index contributed by atoms with van der Waals surface area (Å²) in [5.74, 6) is 0.0974. The maximum Gasteiger partial charge on any atom is 0.274 e. The second-order valence-corrected chi connectivity index (χ2v) is 5.88. The van der Waals surface area contributed by atoms with E-state index < -0.39 is 0 Å². The number of aromatic nitrogens is 2. The third-order valence-electron chi connectivity index (χ3n) is 3.07. The van der Waals surface area contributed by atoms with Gasteiger partial charge in [-0.25, -0.2) is 9.97 Å². The fourth-order valence-electron chi connectivity index (χ4n) is 1.97. The Bertz CT molecular complexity index is 659. The molecule has 1 aromatic carbocycles. The van der Waals surface area contributed by atoms with E-state index in [2.05, 4.69) is 27.5 Å². The molecule has 0 atom stereocenters. The molecule has 7 heteroatoms. The molecule has 0 unspecified atom stereocenters. The molecule has 0 radical (unpaired) electrons. The fraction of sp³-hybridized carbons (Fsp3) is 0.312. The van der Waals surface area contributed by atoms with Gasteiger partial charge in [0.1, 0.15) is 5.69 Å². The van der Waals surface area contributed by atoms with Crippen molar-refractivity contribution in [3.05, 3.63) is 46.2 Å². The van der Waals surface area contributed by atoms with E-state index in [1.54, 1.807) is 30.5 Å². The average molecular weight is 353 g/mol. The topological polar surface area (TPSA) is 66.9 Å². The lowest BCUT2D eigenvalue weighted by molar-refractivity contribution is 0.102. The first kappa shape index (κ1) is 17.5. The molecule has 0 spiro atoms. The van der Waals surface area contributed by atoms with Crippen LogP contribution >= 0.6 is 23.2 Å². The van der Waals surface area contributed by atoms with E-state index >= 15 is 0 Å². The summed E-state index contributed by atoms with van der Waals surface area (Å²) in [4.78, 5) is 20.6. The molecule has 1 aromatic heterocycles. The van der Waals surface area contributed by atoms with Gasteiger partial charge in [0.2, 0.25) is 5.95 Å². The summed E-state index contributed by atoms with van der Waals surface area (Å²) < 4.78 is 0. The van der Waals surface area contributed by atoms with Gasteiger partial charge in [0, 0.05) is 28.5 Å². The van der Waals surface area contributed by atoms with Crippen molar-refractivity contribution < 1.29 is 4.79 Å². The number of carbonyl (C=O) groups is 1. The maximum absolute atomic E-state index is 12.2. The number of amides is 1. The predicted octanol–water partition coefficient (Wildman–Crippen LogP) is 4.64. The average Bonchev–Trinajstić information content (AvgIpc) is 2.51. The maximum atomic E-state index is 12.2. The van der Waals surface area contributed by atoms with Crippen LogP contribution < -0.4 is 10.6 Å². The quantitative estimate of drug-likeness (QED) is 0.712. The number of hydrogen-bond acceptors (Lipinski definition) is 4. The SMILES string of the molecule is CCCCCNc1nccc(C(=O)Nc2cc(Cl)cc(Cl)c2)n1. The third kappa shape index (κ3) is 5.69. The van der Waals surface area contributed by atoms with E-state index in [1.807, 2.05) is 0 Å². The smallest absolute Gasteiger partial charge is 0.274 e. The van der Waals surface area contributed by atoms with E-state index in [1.165, 1.54) is 0 Å².